The van der Waals surface area contributed by atoms with Crippen molar-refractivity contribution >= 4 is 5.97 Å². The van der Waals surface area contributed by atoms with Gasteiger partial charge in [-0.2, -0.15) is 0 Å². The Hall–Kier alpha value is -2.95. The minimum atomic E-state index is -1.47. The van der Waals surface area contributed by atoms with Crippen molar-refractivity contribution in [1.29, 1.82) is 0 Å². The van der Waals surface area contributed by atoms with E-state index >= 15 is 0 Å². The maximum Gasteiger partial charge on any atom is 0.353 e. The molecule has 0 aliphatic heterocycles. The van der Waals surface area contributed by atoms with Crippen LogP contribution in [0.3, 0.4) is 0 Å². The van der Waals surface area contributed by atoms with E-state index in [9.17, 15) is 9.90 Å². The molecule has 4 nitrogen and oxygen atoms in total. The van der Waals surface area contributed by atoms with E-state index in [0.717, 1.165) is 0 Å². The molecule has 0 aromatic heterocycles. The molecule has 26 heavy (non-hydrogen) atoms. The first-order chi connectivity index (χ1) is 12.8. The lowest BCUT2D eigenvalue weighted by molar-refractivity contribution is -0.159. The van der Waals surface area contributed by atoms with E-state index in [2.05, 4.69) is 0 Å². The lowest BCUT2D eigenvalue weighted by Gasteiger charge is -2.32. The van der Waals surface area contributed by atoms with Gasteiger partial charge in [0.25, 0.3) is 0 Å². The molecule has 0 unspecified atom stereocenters. The van der Waals surface area contributed by atoms with Gasteiger partial charge in [-0.05, 0) is 23.3 Å². The van der Waals surface area contributed by atoms with Crippen molar-refractivity contribution in [3.8, 4) is 5.75 Å². The molecule has 0 saturated heterocycles. The quantitative estimate of drug-likeness (QED) is 0.524. The molecule has 3 rings (SSSR count). The third kappa shape index (κ3) is 3.67. The van der Waals surface area contributed by atoms with Gasteiger partial charge in [-0.3, -0.25) is 0 Å². The highest BCUT2D eigenvalue weighted by Gasteiger charge is 2.45. The van der Waals surface area contributed by atoms with Crippen LogP contribution in [0.1, 0.15) is 11.1 Å². The average Bonchev–Trinajstić information content (AvgIpc) is 2.71. The second-order valence-corrected chi connectivity index (χ2v) is 5.69. The Balaban J connectivity index is 2.11. The largest absolute Gasteiger partial charge is 0.424 e. The number of hydrogen-bond acceptors (Lipinski definition) is 4. The number of hydrogen-bond donors (Lipinski definition) is 1. The Kier molecular flexibility index (Phi) is 5.79. The SMILES string of the molecule is O=C(Oc1ccccc1)C(OCCO)(c1ccccc1)c1ccccc1. The van der Waals surface area contributed by atoms with E-state index in [1.807, 2.05) is 66.7 Å². The van der Waals surface area contributed by atoms with Gasteiger partial charge in [-0.25, -0.2) is 4.79 Å². The van der Waals surface area contributed by atoms with Crippen LogP contribution in [0.4, 0.5) is 0 Å². The minimum absolute atomic E-state index is 0.00627. The summed E-state index contributed by atoms with van der Waals surface area (Å²) in [5.41, 5.74) is -0.192. The Morgan fingerprint density at radius 2 is 1.23 bits per heavy atom. The highest BCUT2D eigenvalue weighted by molar-refractivity contribution is 5.87. The first-order valence-electron chi connectivity index (χ1n) is 8.40. The summed E-state index contributed by atoms with van der Waals surface area (Å²) in [4.78, 5) is 13.3. The minimum Gasteiger partial charge on any atom is -0.424 e. The fourth-order valence-corrected chi connectivity index (χ4v) is 2.84. The van der Waals surface area contributed by atoms with Crippen LogP contribution < -0.4 is 4.74 Å². The van der Waals surface area contributed by atoms with Crippen molar-refractivity contribution in [3.05, 3.63) is 102 Å². The Morgan fingerprint density at radius 1 is 0.769 bits per heavy atom. The first kappa shape index (κ1) is 17.9. The summed E-state index contributed by atoms with van der Waals surface area (Å²) in [6.45, 7) is -0.215. The van der Waals surface area contributed by atoms with E-state index in [1.165, 1.54) is 0 Å². The van der Waals surface area contributed by atoms with E-state index < -0.39 is 11.6 Å². The molecule has 0 radical (unpaired) electrons. The zero-order valence-electron chi connectivity index (χ0n) is 14.2. The lowest BCUT2D eigenvalue weighted by Crippen LogP contribution is -2.43. The molecule has 0 atom stereocenters. The molecule has 0 amide bonds. The van der Waals surface area contributed by atoms with Crippen molar-refractivity contribution in [1.82, 2.24) is 0 Å². The number of benzene rings is 3. The van der Waals surface area contributed by atoms with Gasteiger partial charge in [-0.1, -0.05) is 78.9 Å². The van der Waals surface area contributed by atoms with Gasteiger partial charge in [0.2, 0.25) is 5.60 Å². The first-order valence-corrected chi connectivity index (χ1v) is 8.40. The maximum atomic E-state index is 13.3. The molecule has 0 aliphatic carbocycles. The number of carbonyl (C=O) groups is 1. The number of ether oxygens (including phenoxy) is 2. The van der Waals surface area contributed by atoms with Crippen molar-refractivity contribution < 1.29 is 19.4 Å². The summed E-state index contributed by atoms with van der Waals surface area (Å²) < 4.78 is 11.6. The molecule has 3 aromatic rings. The van der Waals surface area contributed by atoms with Gasteiger partial charge in [0.05, 0.1) is 13.2 Å². The van der Waals surface area contributed by atoms with Gasteiger partial charge in [0.15, 0.2) is 0 Å². The molecule has 1 N–H and O–H groups in total. The Bertz CT molecular complexity index is 777. The van der Waals surface area contributed by atoms with Crippen LogP contribution in [-0.2, 0) is 15.1 Å². The van der Waals surface area contributed by atoms with Crippen LogP contribution in [0, 0.1) is 0 Å². The normalized spacial score (nSPS) is 11.1. The van der Waals surface area contributed by atoms with Gasteiger partial charge in [-0.15, -0.1) is 0 Å². The van der Waals surface area contributed by atoms with Gasteiger partial charge in [0.1, 0.15) is 5.75 Å². The van der Waals surface area contributed by atoms with Gasteiger partial charge in [0, 0.05) is 0 Å². The molecule has 0 heterocycles. The van der Waals surface area contributed by atoms with E-state index in [-0.39, 0.29) is 13.2 Å². The maximum absolute atomic E-state index is 13.3. The molecular formula is C22H20O4. The number of aliphatic hydroxyl groups excluding tert-OH is 1. The summed E-state index contributed by atoms with van der Waals surface area (Å²) in [6, 6.07) is 27.2. The highest BCUT2D eigenvalue weighted by atomic mass is 16.6. The summed E-state index contributed by atoms with van der Waals surface area (Å²) in [7, 11) is 0. The van der Waals surface area contributed by atoms with Crippen LogP contribution in [0.15, 0.2) is 91.0 Å². The Morgan fingerprint density at radius 3 is 1.69 bits per heavy atom. The van der Waals surface area contributed by atoms with Crippen molar-refractivity contribution in [3.63, 3.8) is 0 Å². The van der Waals surface area contributed by atoms with Crippen LogP contribution in [-0.4, -0.2) is 24.3 Å². The Labute approximate surface area is 152 Å². The third-order valence-corrected chi connectivity index (χ3v) is 4.01. The molecule has 0 spiro atoms. The molecule has 0 saturated carbocycles. The zero-order valence-corrected chi connectivity index (χ0v) is 14.2. The van der Waals surface area contributed by atoms with E-state index in [0.29, 0.717) is 16.9 Å². The van der Waals surface area contributed by atoms with Crippen LogP contribution >= 0.6 is 0 Å². The second-order valence-electron chi connectivity index (χ2n) is 5.69. The fourth-order valence-electron chi connectivity index (χ4n) is 2.84. The van der Waals surface area contributed by atoms with Crippen molar-refractivity contribution in [2.45, 2.75) is 5.60 Å². The average molecular weight is 348 g/mol. The number of carbonyl (C=O) groups excluding carboxylic acids is 1. The number of rotatable bonds is 7. The lowest BCUT2D eigenvalue weighted by atomic mass is 9.86. The van der Waals surface area contributed by atoms with E-state index in [4.69, 9.17) is 9.47 Å². The smallest absolute Gasteiger partial charge is 0.353 e. The van der Waals surface area contributed by atoms with Crippen LogP contribution in [0.25, 0.3) is 0 Å². The zero-order chi connectivity index (χ0) is 18.2. The summed E-state index contributed by atoms with van der Waals surface area (Å²) >= 11 is 0. The summed E-state index contributed by atoms with van der Waals surface area (Å²) in [5.74, 6) is -0.129. The molecular weight excluding hydrogens is 328 g/mol. The molecule has 3 aromatic carbocycles. The number of aliphatic hydroxyl groups is 1. The standard InChI is InChI=1S/C22H20O4/c23-16-17-25-22(18-10-4-1-5-11-18,19-12-6-2-7-13-19)21(24)26-20-14-8-3-9-15-20/h1-15,23H,16-17H2. The highest BCUT2D eigenvalue weighted by Crippen LogP contribution is 2.35. The molecule has 4 heteroatoms. The second kappa shape index (κ2) is 8.43. The predicted octanol–water partition coefficient (Wildman–Crippen LogP) is 3.54. The fraction of sp³-hybridized carbons (Fsp3) is 0.136. The van der Waals surface area contributed by atoms with Crippen LogP contribution in [0.2, 0.25) is 0 Å². The summed E-state index contributed by atoms with van der Waals surface area (Å²) in [6.07, 6.45) is 0. The number of para-hydroxylation sites is 1. The monoisotopic (exact) mass is 348 g/mol. The van der Waals surface area contributed by atoms with Crippen LogP contribution in [0.5, 0.6) is 5.75 Å². The van der Waals surface area contributed by atoms with E-state index in [1.54, 1.807) is 24.3 Å². The summed E-state index contributed by atoms with van der Waals surface area (Å²) in [5, 5.41) is 9.32. The third-order valence-electron chi connectivity index (χ3n) is 4.01. The molecule has 0 fully saturated rings. The van der Waals surface area contributed by atoms with Crippen molar-refractivity contribution in [2.24, 2.45) is 0 Å². The topological polar surface area (TPSA) is 55.8 Å². The predicted molar refractivity (Wildman–Crippen MR) is 98.8 cm³/mol. The van der Waals surface area contributed by atoms with Gasteiger partial charge < -0.3 is 14.6 Å². The van der Waals surface area contributed by atoms with Crippen molar-refractivity contribution in [2.75, 3.05) is 13.2 Å². The number of esters is 1. The molecule has 0 aliphatic rings. The molecule has 0 bridgehead atoms. The van der Waals surface area contributed by atoms with Gasteiger partial charge >= 0.3 is 5.97 Å². The molecule has 132 valence electrons.